The molecule has 0 unspecified atom stereocenters. The van der Waals surface area contributed by atoms with Gasteiger partial charge in [0.2, 0.25) is 0 Å². The molecular weight excluding hydrogens is 279 g/mol. The molecule has 0 spiro atoms. The van der Waals surface area contributed by atoms with E-state index in [1.807, 2.05) is 7.05 Å². The van der Waals surface area contributed by atoms with E-state index in [1.165, 1.54) is 12.1 Å². The molecule has 0 aliphatic carbocycles. The molecule has 5 heteroatoms. The van der Waals surface area contributed by atoms with Gasteiger partial charge in [0.1, 0.15) is 0 Å². The van der Waals surface area contributed by atoms with Crippen LogP contribution in [-0.2, 0) is 11.6 Å². The van der Waals surface area contributed by atoms with Gasteiger partial charge in [0.05, 0.1) is 5.56 Å². The van der Waals surface area contributed by atoms with Gasteiger partial charge in [-0.2, -0.15) is 13.2 Å². The molecule has 1 aromatic rings. The van der Waals surface area contributed by atoms with Crippen LogP contribution in [0.4, 0.5) is 13.2 Å². The lowest BCUT2D eigenvalue weighted by Crippen LogP contribution is -2.41. The Balaban J connectivity index is 2.32. The zero-order valence-corrected chi connectivity index (χ0v) is 12.3. The average molecular weight is 301 g/mol. The van der Waals surface area contributed by atoms with E-state index < -0.39 is 11.7 Å². The number of hydrogen-bond acceptors (Lipinski definition) is 2. The van der Waals surface area contributed by atoms with Crippen molar-refractivity contribution in [3.63, 3.8) is 0 Å². The number of alkyl halides is 3. The molecule has 0 atom stereocenters. The highest BCUT2D eigenvalue weighted by Gasteiger charge is 2.37. The molecule has 0 amide bonds. The van der Waals surface area contributed by atoms with Crippen molar-refractivity contribution in [1.82, 2.24) is 4.90 Å². The highest BCUT2D eigenvalue weighted by atomic mass is 19.4. The monoisotopic (exact) mass is 301 g/mol. The first kappa shape index (κ1) is 16.3. The third-order valence-corrected chi connectivity index (χ3v) is 4.56. The first-order chi connectivity index (χ1) is 9.87. The van der Waals surface area contributed by atoms with Crippen LogP contribution in [0.1, 0.15) is 36.8 Å². The summed E-state index contributed by atoms with van der Waals surface area (Å²) in [6.45, 7) is 1.83. The number of likely N-dealkylation sites (tertiary alicyclic amines) is 1. The smallest absolute Gasteiger partial charge is 0.396 e. The predicted octanol–water partition coefficient (Wildman–Crippen LogP) is 3.44. The van der Waals surface area contributed by atoms with Crippen LogP contribution >= 0.6 is 0 Å². The van der Waals surface area contributed by atoms with Gasteiger partial charge in [-0.1, -0.05) is 18.2 Å². The van der Waals surface area contributed by atoms with Crippen LogP contribution in [0.3, 0.4) is 0 Å². The molecule has 118 valence electrons. The maximum absolute atomic E-state index is 12.9. The lowest BCUT2D eigenvalue weighted by molar-refractivity contribution is -0.137. The van der Waals surface area contributed by atoms with Gasteiger partial charge in [-0.3, -0.25) is 0 Å². The number of aliphatic hydroxyl groups is 1. The lowest BCUT2D eigenvalue weighted by Gasteiger charge is -2.41. The van der Waals surface area contributed by atoms with Gasteiger partial charge in [-0.05, 0) is 62.9 Å². The Bertz CT molecular complexity index is 459. The molecule has 2 rings (SSSR count). The Morgan fingerprint density at radius 2 is 1.90 bits per heavy atom. The molecule has 1 saturated heterocycles. The van der Waals surface area contributed by atoms with Crippen molar-refractivity contribution in [2.24, 2.45) is 0 Å². The number of hydrogen-bond donors (Lipinski definition) is 1. The minimum absolute atomic E-state index is 0.0799. The molecule has 1 heterocycles. The highest BCUT2D eigenvalue weighted by molar-refractivity contribution is 5.32. The Morgan fingerprint density at radius 3 is 2.48 bits per heavy atom. The van der Waals surface area contributed by atoms with E-state index in [9.17, 15) is 13.2 Å². The molecule has 1 fully saturated rings. The largest absolute Gasteiger partial charge is 0.416 e. The minimum Gasteiger partial charge on any atom is -0.396 e. The third kappa shape index (κ3) is 3.77. The van der Waals surface area contributed by atoms with Crippen LogP contribution in [0.2, 0.25) is 0 Å². The molecular formula is C16H22F3NO. The Morgan fingerprint density at radius 1 is 1.24 bits per heavy atom. The molecule has 1 aromatic carbocycles. The second-order valence-corrected chi connectivity index (χ2v) is 5.99. The summed E-state index contributed by atoms with van der Waals surface area (Å²) in [5, 5.41) is 9.10. The van der Waals surface area contributed by atoms with E-state index in [4.69, 9.17) is 5.11 Å². The molecule has 0 radical (unpaired) electrons. The molecule has 0 bridgehead atoms. The van der Waals surface area contributed by atoms with E-state index in [1.54, 1.807) is 6.07 Å². The number of rotatable bonds is 4. The fourth-order valence-corrected chi connectivity index (χ4v) is 3.17. The van der Waals surface area contributed by atoms with Crippen LogP contribution in [0, 0.1) is 0 Å². The minimum atomic E-state index is -4.31. The quantitative estimate of drug-likeness (QED) is 0.921. The van der Waals surface area contributed by atoms with Gasteiger partial charge in [0.15, 0.2) is 0 Å². The maximum atomic E-state index is 12.9. The van der Waals surface area contributed by atoms with Crippen molar-refractivity contribution in [2.45, 2.75) is 37.3 Å². The second kappa shape index (κ2) is 6.36. The summed E-state index contributed by atoms with van der Waals surface area (Å²) in [7, 11) is 2.03. The summed E-state index contributed by atoms with van der Waals surface area (Å²) < 4.78 is 38.8. The predicted molar refractivity (Wildman–Crippen MR) is 76.2 cm³/mol. The van der Waals surface area contributed by atoms with E-state index in [0.717, 1.165) is 44.0 Å². The van der Waals surface area contributed by atoms with Crippen molar-refractivity contribution < 1.29 is 18.3 Å². The normalized spacial score (nSPS) is 19.7. The van der Waals surface area contributed by atoms with Crippen LogP contribution < -0.4 is 0 Å². The average Bonchev–Trinajstić information content (AvgIpc) is 2.46. The van der Waals surface area contributed by atoms with Crippen molar-refractivity contribution in [3.05, 3.63) is 35.4 Å². The number of benzene rings is 1. The topological polar surface area (TPSA) is 23.5 Å². The molecule has 1 aliphatic heterocycles. The van der Waals surface area contributed by atoms with Gasteiger partial charge in [-0.15, -0.1) is 0 Å². The summed E-state index contributed by atoms with van der Waals surface area (Å²) in [4.78, 5) is 2.20. The fraction of sp³-hybridized carbons (Fsp3) is 0.625. The van der Waals surface area contributed by atoms with Gasteiger partial charge in [0.25, 0.3) is 0 Å². The van der Waals surface area contributed by atoms with Crippen molar-refractivity contribution in [2.75, 3.05) is 26.7 Å². The lowest BCUT2D eigenvalue weighted by atomic mass is 9.69. The fourth-order valence-electron chi connectivity index (χ4n) is 3.17. The second-order valence-electron chi connectivity index (χ2n) is 5.99. The summed E-state index contributed by atoms with van der Waals surface area (Å²) in [6, 6.07) is 5.72. The highest BCUT2D eigenvalue weighted by Crippen LogP contribution is 2.41. The molecule has 0 aromatic heterocycles. The summed E-state index contributed by atoms with van der Waals surface area (Å²) in [6.07, 6.45) is -1.27. The van der Waals surface area contributed by atoms with Gasteiger partial charge in [-0.25, -0.2) is 0 Å². The SMILES string of the molecule is CN1CCC(CCCO)(c2cccc(C(F)(F)F)c2)CC1. The van der Waals surface area contributed by atoms with Gasteiger partial charge >= 0.3 is 6.18 Å². The zero-order chi connectivity index (χ0) is 15.5. The number of halogens is 3. The van der Waals surface area contributed by atoms with Gasteiger partial charge in [0, 0.05) is 6.61 Å². The van der Waals surface area contributed by atoms with E-state index in [2.05, 4.69) is 4.90 Å². The Labute approximate surface area is 123 Å². The van der Waals surface area contributed by atoms with E-state index in [-0.39, 0.29) is 12.0 Å². The molecule has 1 aliphatic rings. The third-order valence-electron chi connectivity index (χ3n) is 4.56. The molecule has 0 saturated carbocycles. The first-order valence-corrected chi connectivity index (χ1v) is 7.34. The first-order valence-electron chi connectivity index (χ1n) is 7.34. The summed E-state index contributed by atoms with van der Waals surface area (Å²) in [5.74, 6) is 0. The van der Waals surface area contributed by atoms with E-state index in [0.29, 0.717) is 6.42 Å². The molecule has 21 heavy (non-hydrogen) atoms. The standard InChI is InChI=1S/C16H22F3NO/c1-20-9-7-15(8-10-20,6-3-11-21)13-4-2-5-14(12-13)16(17,18)19/h2,4-5,12,21H,3,6-11H2,1H3. The van der Waals surface area contributed by atoms with Crippen LogP contribution in [0.25, 0.3) is 0 Å². The van der Waals surface area contributed by atoms with E-state index >= 15 is 0 Å². The zero-order valence-electron chi connectivity index (χ0n) is 12.3. The van der Waals surface area contributed by atoms with Crippen LogP contribution in [0.15, 0.2) is 24.3 Å². The summed E-state index contributed by atoms with van der Waals surface area (Å²) in [5.41, 5.74) is -0.0579. The molecule has 2 nitrogen and oxygen atoms in total. The Hall–Kier alpha value is -1.07. The van der Waals surface area contributed by atoms with Gasteiger partial charge < -0.3 is 10.0 Å². The van der Waals surface area contributed by atoms with Crippen LogP contribution in [0.5, 0.6) is 0 Å². The van der Waals surface area contributed by atoms with Crippen molar-refractivity contribution in [1.29, 1.82) is 0 Å². The molecule has 1 N–H and O–H groups in total. The number of nitrogens with zero attached hydrogens (tertiary/aromatic N) is 1. The maximum Gasteiger partial charge on any atom is 0.416 e. The van der Waals surface area contributed by atoms with Crippen molar-refractivity contribution >= 4 is 0 Å². The van der Waals surface area contributed by atoms with Crippen molar-refractivity contribution in [3.8, 4) is 0 Å². The number of aliphatic hydroxyl groups excluding tert-OH is 1. The number of piperidine rings is 1. The summed E-state index contributed by atoms with van der Waals surface area (Å²) >= 11 is 0. The Kier molecular flexibility index (Phi) is 4.94. The van der Waals surface area contributed by atoms with Crippen LogP contribution in [-0.4, -0.2) is 36.8 Å².